The molecule has 0 aliphatic carbocycles. The summed E-state index contributed by atoms with van der Waals surface area (Å²) in [6.45, 7) is 1.94. The molecule has 6 heteroatoms. The lowest BCUT2D eigenvalue weighted by atomic mass is 10.2. The number of thiophene rings is 1. The molecule has 19 heavy (non-hydrogen) atoms. The zero-order chi connectivity index (χ0) is 14.0. The lowest BCUT2D eigenvalue weighted by Gasteiger charge is -2.08. The average Bonchev–Trinajstić information content (AvgIpc) is 2.69. The number of anilines is 1. The van der Waals surface area contributed by atoms with Crippen molar-refractivity contribution < 1.29 is 9.53 Å². The van der Waals surface area contributed by atoms with Gasteiger partial charge in [0.1, 0.15) is 5.75 Å². The van der Waals surface area contributed by atoms with Crippen LogP contribution in [0.3, 0.4) is 0 Å². The summed E-state index contributed by atoms with van der Waals surface area (Å²) in [7, 11) is 1.63. The van der Waals surface area contributed by atoms with E-state index < -0.39 is 0 Å². The van der Waals surface area contributed by atoms with Gasteiger partial charge in [0.15, 0.2) is 0 Å². The SMILES string of the molecule is COc1ccc(NC(=O)c2cc(Br)sc2Br)cc1C. The molecule has 0 aliphatic rings. The third-order valence-corrected chi connectivity index (χ3v) is 4.89. The van der Waals surface area contributed by atoms with Crippen molar-refractivity contribution in [3.05, 3.63) is 43.0 Å². The third-order valence-electron chi connectivity index (χ3n) is 2.55. The van der Waals surface area contributed by atoms with Crippen LogP contribution in [0.15, 0.2) is 31.8 Å². The van der Waals surface area contributed by atoms with Crippen molar-refractivity contribution in [2.24, 2.45) is 0 Å². The second-order valence-corrected chi connectivity index (χ2v) is 7.63. The number of aryl methyl sites for hydroxylation is 1. The van der Waals surface area contributed by atoms with Gasteiger partial charge in [-0.3, -0.25) is 4.79 Å². The molecule has 2 rings (SSSR count). The van der Waals surface area contributed by atoms with Crippen molar-refractivity contribution in [1.82, 2.24) is 0 Å². The standard InChI is InChI=1S/C13H11Br2NO2S/c1-7-5-8(3-4-10(7)18-2)16-13(17)9-6-11(14)19-12(9)15/h3-6H,1-2H3,(H,16,17). The Labute approximate surface area is 132 Å². The number of carbonyl (C=O) groups excluding carboxylic acids is 1. The van der Waals surface area contributed by atoms with Crippen molar-refractivity contribution in [1.29, 1.82) is 0 Å². The first-order valence-corrected chi connectivity index (χ1v) is 7.82. The molecule has 0 unspecified atom stereocenters. The summed E-state index contributed by atoms with van der Waals surface area (Å²) in [5.41, 5.74) is 2.34. The van der Waals surface area contributed by atoms with E-state index in [1.165, 1.54) is 11.3 Å². The van der Waals surface area contributed by atoms with E-state index in [4.69, 9.17) is 4.74 Å². The minimum absolute atomic E-state index is 0.140. The first-order valence-electron chi connectivity index (χ1n) is 5.42. The minimum Gasteiger partial charge on any atom is -0.496 e. The highest BCUT2D eigenvalue weighted by molar-refractivity contribution is 9.12. The van der Waals surface area contributed by atoms with Crippen LogP contribution in [0.4, 0.5) is 5.69 Å². The zero-order valence-corrected chi connectivity index (χ0v) is 14.3. The minimum atomic E-state index is -0.140. The van der Waals surface area contributed by atoms with Crippen LogP contribution in [-0.4, -0.2) is 13.0 Å². The summed E-state index contributed by atoms with van der Waals surface area (Å²) in [5.74, 6) is 0.663. The first-order chi connectivity index (χ1) is 9.01. The summed E-state index contributed by atoms with van der Waals surface area (Å²) in [5, 5.41) is 2.87. The van der Waals surface area contributed by atoms with Gasteiger partial charge in [0.05, 0.1) is 20.2 Å². The van der Waals surface area contributed by atoms with Crippen LogP contribution in [0.25, 0.3) is 0 Å². The number of amides is 1. The summed E-state index contributed by atoms with van der Waals surface area (Å²) in [4.78, 5) is 12.1. The van der Waals surface area contributed by atoms with E-state index in [0.717, 1.165) is 24.6 Å². The Hall–Kier alpha value is -0.850. The van der Waals surface area contributed by atoms with Crippen molar-refractivity contribution in [3.8, 4) is 5.75 Å². The molecule has 0 saturated heterocycles. The van der Waals surface area contributed by atoms with Crippen molar-refractivity contribution in [2.45, 2.75) is 6.92 Å². The Kier molecular flexibility index (Phi) is 4.65. The van der Waals surface area contributed by atoms with E-state index in [-0.39, 0.29) is 5.91 Å². The van der Waals surface area contributed by atoms with E-state index in [9.17, 15) is 4.79 Å². The Balaban J connectivity index is 2.19. The number of ether oxygens (including phenoxy) is 1. The predicted molar refractivity (Wildman–Crippen MR) is 85.4 cm³/mol. The highest BCUT2D eigenvalue weighted by atomic mass is 79.9. The van der Waals surface area contributed by atoms with Crippen LogP contribution in [0.2, 0.25) is 0 Å². The van der Waals surface area contributed by atoms with E-state index in [0.29, 0.717) is 5.56 Å². The van der Waals surface area contributed by atoms with Gasteiger partial charge in [-0.15, -0.1) is 11.3 Å². The van der Waals surface area contributed by atoms with Gasteiger partial charge in [-0.2, -0.15) is 0 Å². The van der Waals surface area contributed by atoms with Crippen molar-refractivity contribution in [2.75, 3.05) is 12.4 Å². The fraction of sp³-hybridized carbons (Fsp3) is 0.154. The van der Waals surface area contributed by atoms with Gasteiger partial charge in [-0.05, 0) is 68.6 Å². The maximum Gasteiger partial charge on any atom is 0.257 e. The maximum absolute atomic E-state index is 12.1. The first kappa shape index (κ1) is 14.6. The number of hydrogen-bond acceptors (Lipinski definition) is 3. The number of methoxy groups -OCH3 is 1. The second-order valence-electron chi connectivity index (χ2n) is 3.88. The molecule has 0 fully saturated rings. The molecule has 1 aromatic heterocycles. The highest BCUT2D eigenvalue weighted by Gasteiger charge is 2.14. The molecule has 1 aromatic carbocycles. The Morgan fingerprint density at radius 2 is 2.05 bits per heavy atom. The van der Waals surface area contributed by atoms with Gasteiger partial charge in [-0.1, -0.05) is 0 Å². The second kappa shape index (κ2) is 6.07. The fourth-order valence-corrected chi connectivity index (χ4v) is 4.44. The largest absolute Gasteiger partial charge is 0.496 e. The van der Waals surface area contributed by atoms with Crippen LogP contribution in [0, 0.1) is 6.92 Å². The molecule has 1 heterocycles. The number of nitrogens with one attached hydrogen (secondary N) is 1. The highest BCUT2D eigenvalue weighted by Crippen LogP contribution is 2.32. The van der Waals surface area contributed by atoms with Crippen molar-refractivity contribution in [3.63, 3.8) is 0 Å². The van der Waals surface area contributed by atoms with Crippen LogP contribution < -0.4 is 10.1 Å². The number of halogens is 2. The zero-order valence-electron chi connectivity index (χ0n) is 10.3. The van der Waals surface area contributed by atoms with Gasteiger partial charge >= 0.3 is 0 Å². The average molecular weight is 405 g/mol. The third kappa shape index (κ3) is 3.38. The van der Waals surface area contributed by atoms with Crippen LogP contribution >= 0.6 is 43.2 Å². The molecule has 3 nitrogen and oxygen atoms in total. The molecular weight excluding hydrogens is 394 g/mol. The summed E-state index contributed by atoms with van der Waals surface area (Å²) in [6, 6.07) is 7.33. The topological polar surface area (TPSA) is 38.3 Å². The van der Waals surface area contributed by atoms with Gasteiger partial charge in [0.2, 0.25) is 0 Å². The van der Waals surface area contributed by atoms with Crippen LogP contribution in [0.1, 0.15) is 15.9 Å². The van der Waals surface area contributed by atoms with E-state index in [1.807, 2.05) is 25.1 Å². The lowest BCUT2D eigenvalue weighted by Crippen LogP contribution is -2.11. The van der Waals surface area contributed by atoms with Gasteiger partial charge in [0, 0.05) is 5.69 Å². The molecule has 0 spiro atoms. The Morgan fingerprint density at radius 3 is 2.58 bits per heavy atom. The monoisotopic (exact) mass is 403 g/mol. The number of rotatable bonds is 3. The molecule has 0 aliphatic heterocycles. The van der Waals surface area contributed by atoms with Crippen LogP contribution in [-0.2, 0) is 0 Å². The molecule has 0 radical (unpaired) electrons. The Bertz CT molecular complexity index is 625. The predicted octanol–water partition coefficient (Wildman–Crippen LogP) is 4.84. The number of carbonyl (C=O) groups is 1. The summed E-state index contributed by atoms with van der Waals surface area (Å²) >= 11 is 8.21. The van der Waals surface area contributed by atoms with Gasteiger partial charge in [0.25, 0.3) is 5.91 Å². The molecule has 2 aromatic rings. The molecule has 0 bridgehead atoms. The maximum atomic E-state index is 12.1. The molecule has 1 N–H and O–H groups in total. The normalized spacial score (nSPS) is 10.3. The number of hydrogen-bond donors (Lipinski definition) is 1. The molecular formula is C13H11Br2NO2S. The summed E-state index contributed by atoms with van der Waals surface area (Å²) < 4.78 is 6.91. The van der Waals surface area contributed by atoms with Crippen molar-refractivity contribution >= 4 is 54.8 Å². The Morgan fingerprint density at radius 1 is 1.32 bits per heavy atom. The molecule has 0 atom stereocenters. The molecule has 1 amide bonds. The quantitative estimate of drug-likeness (QED) is 0.794. The lowest BCUT2D eigenvalue weighted by molar-refractivity contribution is 0.102. The number of benzene rings is 1. The summed E-state index contributed by atoms with van der Waals surface area (Å²) in [6.07, 6.45) is 0. The smallest absolute Gasteiger partial charge is 0.257 e. The fourth-order valence-electron chi connectivity index (χ4n) is 1.65. The van der Waals surface area contributed by atoms with E-state index >= 15 is 0 Å². The van der Waals surface area contributed by atoms with Gasteiger partial charge in [-0.25, -0.2) is 0 Å². The molecule has 0 saturated carbocycles. The van der Waals surface area contributed by atoms with Crippen LogP contribution in [0.5, 0.6) is 5.75 Å². The van der Waals surface area contributed by atoms with E-state index in [2.05, 4.69) is 37.2 Å². The van der Waals surface area contributed by atoms with Gasteiger partial charge < -0.3 is 10.1 Å². The van der Waals surface area contributed by atoms with E-state index in [1.54, 1.807) is 13.2 Å². The molecule has 100 valence electrons.